The largest absolute Gasteiger partial charge is 0.478 e. The molecule has 2 atom stereocenters. The maximum Gasteiger partial charge on any atom is 0.337 e. The molecule has 3 N–H and O–H groups in total. The first kappa shape index (κ1) is 21.4. The maximum absolute atomic E-state index is 11.6. The third-order valence-corrected chi connectivity index (χ3v) is 5.42. The van der Waals surface area contributed by atoms with Crippen LogP contribution in [0.25, 0.3) is 0 Å². The molecule has 2 unspecified atom stereocenters. The summed E-state index contributed by atoms with van der Waals surface area (Å²) in [6.07, 6.45) is -0.279. The van der Waals surface area contributed by atoms with E-state index in [9.17, 15) is 9.90 Å². The van der Waals surface area contributed by atoms with Gasteiger partial charge in [0.25, 0.3) is 0 Å². The van der Waals surface area contributed by atoms with Crippen LogP contribution in [0.3, 0.4) is 0 Å². The number of aliphatic imine (C=N–C) groups is 1. The molecule has 0 bridgehead atoms. The molecular weight excluding hydrogens is 404 g/mol. The van der Waals surface area contributed by atoms with E-state index in [4.69, 9.17) is 4.84 Å². The minimum atomic E-state index is -1.02. The smallest absolute Gasteiger partial charge is 0.337 e. The molecule has 1 aliphatic rings. The molecule has 0 aliphatic carbocycles. The number of hydrogen-bond donors (Lipinski definition) is 3. The molecule has 3 aromatic rings. The summed E-state index contributed by atoms with van der Waals surface area (Å²) in [5.41, 5.74) is 6.59. The topological polar surface area (TPSA) is 86.2 Å². The molecule has 7 nitrogen and oxygen atoms in total. The molecule has 0 spiro atoms. The van der Waals surface area contributed by atoms with Crippen LogP contribution in [0.5, 0.6) is 0 Å². The highest BCUT2D eigenvalue weighted by Crippen LogP contribution is 2.33. The second kappa shape index (κ2) is 9.53. The van der Waals surface area contributed by atoms with Crippen LogP contribution in [0, 0.1) is 5.92 Å². The fourth-order valence-corrected chi connectivity index (χ4v) is 3.66. The summed E-state index contributed by atoms with van der Waals surface area (Å²) < 4.78 is 0. The Labute approximate surface area is 187 Å². The van der Waals surface area contributed by atoms with Crippen LogP contribution >= 0.6 is 0 Å². The van der Waals surface area contributed by atoms with E-state index in [0.29, 0.717) is 18.1 Å². The van der Waals surface area contributed by atoms with Crippen LogP contribution in [0.4, 0.5) is 17.1 Å². The minimum Gasteiger partial charge on any atom is -0.478 e. The molecule has 1 fully saturated rings. The zero-order chi connectivity index (χ0) is 22.5. The van der Waals surface area contributed by atoms with Gasteiger partial charge in [-0.15, -0.1) is 0 Å². The van der Waals surface area contributed by atoms with Gasteiger partial charge in [0.1, 0.15) is 11.9 Å². The van der Waals surface area contributed by atoms with Gasteiger partial charge in [0.2, 0.25) is 0 Å². The summed E-state index contributed by atoms with van der Waals surface area (Å²) in [7, 11) is 4.00. The summed E-state index contributed by atoms with van der Waals surface area (Å²) in [6.45, 7) is 0.561. The standard InChI is InChI=1S/C25H26N4O3/c1-29(2)19-14-12-17(13-15-19)23-21(16-26-18-8-4-3-5-9-18)24(28-32-23)27-22-11-7-6-10-20(22)25(30)31/h3-15,21,23,26H,16H2,1-2H3,(H,27,28)(H,30,31). The van der Waals surface area contributed by atoms with E-state index < -0.39 is 5.97 Å². The van der Waals surface area contributed by atoms with Crippen molar-refractivity contribution in [1.82, 2.24) is 5.48 Å². The number of carboxylic acid groups (broad SMARTS) is 1. The number of carbonyl (C=O) groups is 1. The van der Waals surface area contributed by atoms with Crippen molar-refractivity contribution < 1.29 is 14.7 Å². The van der Waals surface area contributed by atoms with Crippen molar-refractivity contribution in [2.75, 3.05) is 30.9 Å². The molecule has 3 aromatic carbocycles. The molecular formula is C25H26N4O3. The first-order valence-corrected chi connectivity index (χ1v) is 10.4. The van der Waals surface area contributed by atoms with Crippen molar-refractivity contribution in [3.05, 3.63) is 90.0 Å². The Morgan fingerprint density at radius 2 is 1.72 bits per heavy atom. The van der Waals surface area contributed by atoms with Crippen molar-refractivity contribution in [1.29, 1.82) is 0 Å². The van der Waals surface area contributed by atoms with Crippen molar-refractivity contribution in [3.63, 3.8) is 0 Å². The highest BCUT2D eigenvalue weighted by molar-refractivity contribution is 5.96. The Morgan fingerprint density at radius 3 is 2.41 bits per heavy atom. The zero-order valence-electron chi connectivity index (χ0n) is 18.0. The fourth-order valence-electron chi connectivity index (χ4n) is 3.66. The van der Waals surface area contributed by atoms with Gasteiger partial charge in [0.15, 0.2) is 0 Å². The van der Waals surface area contributed by atoms with Gasteiger partial charge in [-0.1, -0.05) is 42.5 Å². The highest BCUT2D eigenvalue weighted by Gasteiger charge is 2.36. The number of nitrogens with zero attached hydrogens (tertiary/aromatic N) is 2. The Kier molecular flexibility index (Phi) is 6.37. The van der Waals surface area contributed by atoms with E-state index in [1.54, 1.807) is 24.3 Å². The average Bonchev–Trinajstić information content (AvgIpc) is 3.21. The number of amidine groups is 1. The molecule has 4 rings (SSSR count). The number of aromatic carboxylic acids is 1. The van der Waals surface area contributed by atoms with Crippen LogP contribution in [-0.2, 0) is 4.84 Å². The predicted octanol–water partition coefficient (Wildman–Crippen LogP) is 4.49. The number of hydroxylamine groups is 1. The monoisotopic (exact) mass is 430 g/mol. The maximum atomic E-state index is 11.6. The minimum absolute atomic E-state index is 0.148. The zero-order valence-corrected chi connectivity index (χ0v) is 18.0. The first-order chi connectivity index (χ1) is 15.5. The third-order valence-electron chi connectivity index (χ3n) is 5.42. The van der Waals surface area contributed by atoms with Crippen molar-refractivity contribution >= 4 is 28.9 Å². The van der Waals surface area contributed by atoms with Crippen LogP contribution < -0.4 is 15.7 Å². The van der Waals surface area contributed by atoms with E-state index in [1.807, 2.05) is 61.5 Å². The van der Waals surface area contributed by atoms with E-state index >= 15 is 0 Å². The molecule has 1 saturated heterocycles. The Hall–Kier alpha value is -3.84. The summed E-state index contributed by atoms with van der Waals surface area (Å²) in [5.74, 6) is -0.579. The molecule has 0 saturated carbocycles. The van der Waals surface area contributed by atoms with Gasteiger partial charge < -0.3 is 15.3 Å². The lowest BCUT2D eigenvalue weighted by Gasteiger charge is -2.19. The summed E-state index contributed by atoms with van der Waals surface area (Å²) in [6, 6.07) is 24.8. The predicted molar refractivity (Wildman–Crippen MR) is 127 cm³/mol. The SMILES string of the molecule is CN(C)c1ccc(C2ONC(=Nc3ccccc3C(=O)O)C2CNc2ccccc2)cc1. The number of para-hydroxylation sites is 2. The van der Waals surface area contributed by atoms with E-state index in [2.05, 4.69) is 27.9 Å². The lowest BCUT2D eigenvalue weighted by molar-refractivity contribution is 0.0296. The van der Waals surface area contributed by atoms with Gasteiger partial charge in [0, 0.05) is 32.0 Å². The second-order valence-electron chi connectivity index (χ2n) is 7.80. The van der Waals surface area contributed by atoms with Crippen LogP contribution in [-0.4, -0.2) is 37.6 Å². The fraction of sp³-hybridized carbons (Fsp3) is 0.200. The van der Waals surface area contributed by atoms with Gasteiger partial charge in [0.05, 0.1) is 17.2 Å². The number of hydrogen-bond acceptors (Lipinski definition) is 5. The quantitative estimate of drug-likeness (QED) is 0.512. The molecule has 32 heavy (non-hydrogen) atoms. The van der Waals surface area contributed by atoms with Crippen molar-refractivity contribution in [3.8, 4) is 0 Å². The first-order valence-electron chi connectivity index (χ1n) is 10.4. The molecule has 1 heterocycles. The van der Waals surface area contributed by atoms with E-state index in [-0.39, 0.29) is 17.6 Å². The van der Waals surface area contributed by atoms with E-state index in [1.165, 1.54) is 0 Å². The van der Waals surface area contributed by atoms with Crippen molar-refractivity contribution in [2.45, 2.75) is 6.10 Å². The lowest BCUT2D eigenvalue weighted by atomic mass is 9.95. The molecule has 164 valence electrons. The molecule has 0 aromatic heterocycles. The van der Waals surface area contributed by atoms with Gasteiger partial charge in [-0.2, -0.15) is 0 Å². The van der Waals surface area contributed by atoms with Crippen molar-refractivity contribution in [2.24, 2.45) is 10.9 Å². The summed E-state index contributed by atoms with van der Waals surface area (Å²) in [4.78, 5) is 24.3. The summed E-state index contributed by atoms with van der Waals surface area (Å²) in [5, 5.41) is 13.0. The van der Waals surface area contributed by atoms with Gasteiger partial charge in [-0.3, -0.25) is 10.3 Å². The number of anilines is 2. The normalized spacial score (nSPS) is 18.9. The number of rotatable bonds is 7. The molecule has 1 aliphatic heterocycles. The number of carboxylic acids is 1. The molecule has 0 radical (unpaired) electrons. The number of nitrogens with one attached hydrogen (secondary N) is 2. The Morgan fingerprint density at radius 1 is 1.03 bits per heavy atom. The average molecular weight is 431 g/mol. The highest BCUT2D eigenvalue weighted by atomic mass is 16.7. The van der Waals surface area contributed by atoms with Gasteiger partial charge in [-0.25, -0.2) is 9.79 Å². The van der Waals surface area contributed by atoms with Crippen LogP contribution in [0.2, 0.25) is 0 Å². The van der Waals surface area contributed by atoms with Gasteiger partial charge >= 0.3 is 5.97 Å². The Balaban J connectivity index is 1.65. The van der Waals surface area contributed by atoms with Crippen LogP contribution in [0.15, 0.2) is 83.9 Å². The number of benzene rings is 3. The van der Waals surface area contributed by atoms with Gasteiger partial charge in [-0.05, 0) is 42.0 Å². The Bertz CT molecular complexity index is 1100. The van der Waals surface area contributed by atoms with Crippen LogP contribution in [0.1, 0.15) is 22.0 Å². The summed E-state index contributed by atoms with van der Waals surface area (Å²) >= 11 is 0. The second-order valence-corrected chi connectivity index (χ2v) is 7.80. The lowest BCUT2D eigenvalue weighted by Crippen LogP contribution is -2.26. The molecule has 7 heteroatoms. The molecule has 0 amide bonds. The third kappa shape index (κ3) is 4.73. The van der Waals surface area contributed by atoms with E-state index in [0.717, 1.165) is 16.9 Å².